The summed E-state index contributed by atoms with van der Waals surface area (Å²) in [6.07, 6.45) is 3.17. The molecule has 0 radical (unpaired) electrons. The first-order valence-electron chi connectivity index (χ1n) is 10.2. The molecule has 1 atom stereocenters. The Balaban J connectivity index is 1.79. The summed E-state index contributed by atoms with van der Waals surface area (Å²) in [5.41, 5.74) is 1.90. The van der Waals surface area contributed by atoms with Gasteiger partial charge in [0.05, 0.1) is 6.54 Å². The number of hydroxylamine groups is 2. The van der Waals surface area contributed by atoms with Crippen LogP contribution in [-0.2, 0) is 6.54 Å². The van der Waals surface area contributed by atoms with Crippen LogP contribution in [-0.4, -0.2) is 58.0 Å². The molecule has 0 aliphatic carbocycles. The Morgan fingerprint density at radius 1 is 1.25 bits per heavy atom. The summed E-state index contributed by atoms with van der Waals surface area (Å²) in [7, 11) is 0. The number of rotatable bonds is 9. The molecule has 1 aromatic rings. The van der Waals surface area contributed by atoms with Gasteiger partial charge in [-0.15, -0.1) is 0 Å². The molecule has 1 aliphatic rings. The minimum absolute atomic E-state index is 0.0838. The van der Waals surface area contributed by atoms with Crippen molar-refractivity contribution < 1.29 is 19.9 Å². The van der Waals surface area contributed by atoms with E-state index in [1.807, 2.05) is 29.2 Å². The summed E-state index contributed by atoms with van der Waals surface area (Å²) in [4.78, 5) is 25.3. The van der Waals surface area contributed by atoms with Crippen molar-refractivity contribution >= 4 is 12.0 Å². The van der Waals surface area contributed by atoms with Gasteiger partial charge in [0.15, 0.2) is 0 Å². The Labute approximate surface area is 167 Å². The zero-order valence-corrected chi connectivity index (χ0v) is 16.9. The third-order valence-electron chi connectivity index (χ3n) is 5.17. The number of carbonyl (C=O) groups excluding carboxylic acids is 1. The molecule has 1 aliphatic heterocycles. The lowest BCUT2D eigenvalue weighted by molar-refractivity contribution is -0.0646. The Kier molecular flexibility index (Phi) is 8.73. The third kappa shape index (κ3) is 7.13. The van der Waals surface area contributed by atoms with Gasteiger partial charge in [0.2, 0.25) is 0 Å². The van der Waals surface area contributed by atoms with Crippen LogP contribution in [0.4, 0.5) is 4.79 Å². The highest BCUT2D eigenvalue weighted by Crippen LogP contribution is 2.23. The zero-order valence-electron chi connectivity index (χ0n) is 16.9. The lowest BCUT2D eigenvalue weighted by atomic mass is 9.92. The number of likely N-dealkylation sites (tertiary alicyclic amines) is 1. The topological polar surface area (TPSA) is 93.1 Å². The van der Waals surface area contributed by atoms with Gasteiger partial charge in [0.25, 0.3) is 5.91 Å². The predicted molar refractivity (Wildman–Crippen MR) is 107 cm³/mol. The van der Waals surface area contributed by atoms with Gasteiger partial charge in [-0.3, -0.25) is 10.0 Å². The van der Waals surface area contributed by atoms with Crippen LogP contribution in [0.1, 0.15) is 61.9 Å². The highest BCUT2D eigenvalue weighted by atomic mass is 16.6. The Hall–Kier alpha value is -2.12. The molecule has 1 heterocycles. The minimum atomic E-state index is -1.32. The second-order valence-corrected chi connectivity index (χ2v) is 7.89. The van der Waals surface area contributed by atoms with E-state index in [4.69, 9.17) is 10.3 Å². The molecular weight excluding hydrogens is 358 g/mol. The van der Waals surface area contributed by atoms with E-state index in [1.54, 1.807) is 0 Å². The molecule has 0 spiro atoms. The van der Waals surface area contributed by atoms with Crippen molar-refractivity contribution in [1.29, 1.82) is 0 Å². The lowest BCUT2D eigenvalue weighted by Gasteiger charge is -2.33. The van der Waals surface area contributed by atoms with Gasteiger partial charge in [0.1, 0.15) is 0 Å². The number of nitrogens with one attached hydrogen (secondary N) is 1. The Morgan fingerprint density at radius 2 is 1.96 bits per heavy atom. The van der Waals surface area contributed by atoms with E-state index in [9.17, 15) is 9.59 Å². The monoisotopic (exact) mass is 391 g/mol. The number of unbranched alkanes of at least 4 members (excludes halogenated alkanes) is 1. The van der Waals surface area contributed by atoms with Gasteiger partial charge in [-0.2, -0.15) is 5.06 Å². The molecule has 0 saturated carbocycles. The summed E-state index contributed by atoms with van der Waals surface area (Å²) in [6, 6.07) is 8.26. The van der Waals surface area contributed by atoms with Crippen molar-refractivity contribution in [1.82, 2.24) is 15.3 Å². The van der Waals surface area contributed by atoms with Crippen LogP contribution >= 0.6 is 0 Å². The number of amides is 2. The van der Waals surface area contributed by atoms with Crippen LogP contribution in [0.25, 0.3) is 0 Å². The number of hydrogen-bond acceptors (Lipinski definition) is 4. The van der Waals surface area contributed by atoms with Crippen molar-refractivity contribution in [2.75, 3.05) is 19.6 Å². The van der Waals surface area contributed by atoms with Crippen LogP contribution in [0.5, 0.6) is 0 Å². The van der Waals surface area contributed by atoms with Gasteiger partial charge in [-0.25, -0.2) is 4.79 Å². The van der Waals surface area contributed by atoms with Crippen molar-refractivity contribution in [2.24, 2.45) is 5.92 Å². The van der Waals surface area contributed by atoms with E-state index >= 15 is 0 Å². The summed E-state index contributed by atoms with van der Waals surface area (Å²) in [5.74, 6) is 0.518. The molecule has 0 aromatic heterocycles. The third-order valence-corrected chi connectivity index (χ3v) is 5.17. The van der Waals surface area contributed by atoms with Crippen molar-refractivity contribution in [3.05, 3.63) is 35.4 Å². The molecule has 1 saturated heterocycles. The fraction of sp³-hybridized carbons (Fsp3) is 0.619. The largest absolute Gasteiger partial charge is 0.463 e. The number of benzene rings is 1. The second kappa shape index (κ2) is 11.0. The van der Waals surface area contributed by atoms with Gasteiger partial charge in [-0.05, 0) is 49.3 Å². The predicted octanol–water partition coefficient (Wildman–Crippen LogP) is 3.58. The summed E-state index contributed by atoms with van der Waals surface area (Å²) in [5, 5.41) is 21.5. The van der Waals surface area contributed by atoms with Crippen molar-refractivity contribution in [2.45, 2.75) is 58.5 Å². The fourth-order valence-electron chi connectivity index (χ4n) is 3.55. The summed E-state index contributed by atoms with van der Waals surface area (Å²) < 4.78 is 0. The van der Waals surface area contributed by atoms with Crippen molar-refractivity contribution in [3.8, 4) is 0 Å². The molecule has 2 amide bonds. The normalized spacial score (nSPS) is 17.0. The van der Waals surface area contributed by atoms with E-state index in [2.05, 4.69) is 19.2 Å². The highest BCUT2D eigenvalue weighted by Gasteiger charge is 2.24. The van der Waals surface area contributed by atoms with E-state index in [-0.39, 0.29) is 12.5 Å². The zero-order chi connectivity index (χ0) is 20.5. The number of piperidine rings is 1. The van der Waals surface area contributed by atoms with Gasteiger partial charge in [0, 0.05) is 31.2 Å². The average molecular weight is 392 g/mol. The summed E-state index contributed by atoms with van der Waals surface area (Å²) >= 11 is 0. The number of carboxylic acid groups (broad SMARTS) is 1. The first-order valence-corrected chi connectivity index (χ1v) is 10.2. The molecular formula is C21H33N3O4. The van der Waals surface area contributed by atoms with Crippen LogP contribution in [0.2, 0.25) is 0 Å². The Bertz CT molecular complexity index is 633. The molecule has 0 bridgehead atoms. The lowest BCUT2D eigenvalue weighted by Crippen LogP contribution is -2.40. The molecule has 156 valence electrons. The van der Waals surface area contributed by atoms with Gasteiger partial charge in [-0.1, -0.05) is 32.4 Å². The van der Waals surface area contributed by atoms with E-state index in [0.717, 1.165) is 50.9 Å². The fourth-order valence-corrected chi connectivity index (χ4v) is 3.55. The van der Waals surface area contributed by atoms with E-state index in [0.29, 0.717) is 23.4 Å². The number of hydrogen-bond donors (Lipinski definition) is 3. The standard InChI is InChI=1S/C21H33N3O4/c1-16(2)22-14-17-8-10-19(11-9-17)20(25)23-12-5-7-18(15-23)6-3-4-13-24(28)21(26)27/h8-11,16,18,22,28H,3-7,12-15H2,1-2H3,(H,26,27)/t18-/m1/s1. The maximum Gasteiger partial charge on any atom is 0.431 e. The molecule has 1 aromatic carbocycles. The SMILES string of the molecule is CC(C)NCc1ccc(C(=O)N2CCC[C@@H](CCCCN(O)C(=O)O)C2)cc1. The quantitative estimate of drug-likeness (QED) is 0.340. The minimum Gasteiger partial charge on any atom is -0.463 e. The van der Waals surface area contributed by atoms with Gasteiger partial charge < -0.3 is 15.3 Å². The van der Waals surface area contributed by atoms with Crippen LogP contribution in [0.15, 0.2) is 24.3 Å². The molecule has 0 unspecified atom stereocenters. The Morgan fingerprint density at radius 3 is 2.61 bits per heavy atom. The number of carbonyl (C=O) groups is 2. The highest BCUT2D eigenvalue weighted by molar-refractivity contribution is 5.94. The van der Waals surface area contributed by atoms with Crippen LogP contribution < -0.4 is 5.32 Å². The molecule has 2 rings (SSSR count). The molecule has 7 heteroatoms. The summed E-state index contributed by atoms with van der Waals surface area (Å²) in [6.45, 7) is 6.67. The van der Waals surface area contributed by atoms with E-state index < -0.39 is 6.09 Å². The molecule has 7 nitrogen and oxygen atoms in total. The average Bonchev–Trinajstić information content (AvgIpc) is 2.69. The first kappa shape index (κ1) is 22.2. The number of nitrogens with zero attached hydrogens (tertiary/aromatic N) is 2. The molecule has 28 heavy (non-hydrogen) atoms. The van der Waals surface area contributed by atoms with Gasteiger partial charge >= 0.3 is 6.09 Å². The van der Waals surface area contributed by atoms with Crippen LogP contribution in [0, 0.1) is 5.92 Å². The second-order valence-electron chi connectivity index (χ2n) is 7.89. The molecule has 1 fully saturated rings. The maximum absolute atomic E-state index is 12.8. The first-order chi connectivity index (χ1) is 13.4. The smallest absolute Gasteiger partial charge is 0.431 e. The maximum atomic E-state index is 12.8. The molecule has 3 N–H and O–H groups in total. The van der Waals surface area contributed by atoms with Crippen LogP contribution in [0.3, 0.4) is 0 Å². The van der Waals surface area contributed by atoms with E-state index in [1.165, 1.54) is 5.56 Å². The van der Waals surface area contributed by atoms with Crippen molar-refractivity contribution in [3.63, 3.8) is 0 Å².